The Hall–Kier alpha value is -2.87. The second-order valence-corrected chi connectivity index (χ2v) is 5.41. The maximum Gasteiger partial charge on any atom is 0.440 e. The van der Waals surface area contributed by atoms with Crippen LogP contribution in [0.5, 0.6) is 5.75 Å². The maximum absolute atomic E-state index is 13.5. The molecule has 0 spiro atoms. The summed E-state index contributed by atoms with van der Waals surface area (Å²) in [5.74, 6) is -1.76. The third kappa shape index (κ3) is 5.06. The van der Waals surface area contributed by atoms with Gasteiger partial charge in [0.2, 0.25) is 0 Å². The molecule has 1 N–H and O–H groups in total. The number of carbonyl (C=O) groups is 1. The van der Waals surface area contributed by atoms with Crippen LogP contribution in [-0.2, 0) is 16.2 Å². The topological polar surface area (TPSA) is 69.2 Å². The van der Waals surface area contributed by atoms with E-state index in [0.29, 0.717) is 11.3 Å². The number of ether oxygens (including phenoxy) is 1. The first-order valence-corrected chi connectivity index (χ1v) is 7.70. The molecule has 0 saturated carbocycles. The van der Waals surface area contributed by atoms with E-state index in [1.807, 2.05) is 5.48 Å². The molecule has 6 nitrogen and oxygen atoms in total. The maximum atomic E-state index is 13.5. The normalized spacial score (nSPS) is 11.0. The van der Waals surface area contributed by atoms with Crippen molar-refractivity contribution in [2.24, 2.45) is 5.16 Å². The number of oxime groups is 1. The zero-order valence-corrected chi connectivity index (χ0v) is 14.6. The van der Waals surface area contributed by atoms with E-state index in [0.717, 1.165) is 6.07 Å². The van der Waals surface area contributed by atoms with E-state index in [-0.39, 0.29) is 22.9 Å². The van der Waals surface area contributed by atoms with Crippen LogP contribution in [0.25, 0.3) is 0 Å². The summed E-state index contributed by atoms with van der Waals surface area (Å²) >= 11 is 5.98. The summed E-state index contributed by atoms with van der Waals surface area (Å²) < 4.78 is 31.1. The highest BCUT2D eigenvalue weighted by Crippen LogP contribution is 2.25. The van der Waals surface area contributed by atoms with Crippen LogP contribution >= 0.6 is 11.6 Å². The van der Waals surface area contributed by atoms with Crippen LogP contribution in [0.2, 0.25) is 5.02 Å². The zero-order valence-electron chi connectivity index (χ0n) is 13.9. The number of nitrogens with zero attached hydrogens (tertiary/aromatic N) is 1. The van der Waals surface area contributed by atoms with Crippen LogP contribution in [0.1, 0.15) is 18.1 Å². The van der Waals surface area contributed by atoms with Gasteiger partial charge in [0.25, 0.3) is 0 Å². The number of halogens is 3. The van der Waals surface area contributed by atoms with Gasteiger partial charge in [-0.15, -0.1) is 0 Å². The van der Waals surface area contributed by atoms with Gasteiger partial charge in [0, 0.05) is 11.1 Å². The Kier molecular flexibility index (Phi) is 6.74. The SMILES string of the molecule is COC(=O)NOc1cc(/C(C)=N/OCc2cccc(F)c2F)ccc1Cl. The first kappa shape index (κ1) is 19.5. The van der Waals surface area contributed by atoms with E-state index in [4.69, 9.17) is 21.3 Å². The zero-order chi connectivity index (χ0) is 19.1. The predicted octanol–water partition coefficient (Wildman–Crippen LogP) is 4.21. The molecule has 2 aromatic carbocycles. The summed E-state index contributed by atoms with van der Waals surface area (Å²) in [5, 5.41) is 4.11. The molecule has 0 bridgehead atoms. The molecule has 26 heavy (non-hydrogen) atoms. The number of methoxy groups -OCH3 is 1. The van der Waals surface area contributed by atoms with Crippen molar-refractivity contribution in [1.82, 2.24) is 5.48 Å². The molecule has 1 amide bonds. The molecular formula is C17H15ClF2N2O4. The van der Waals surface area contributed by atoms with E-state index in [1.54, 1.807) is 13.0 Å². The standard InChI is InChI=1S/C17H15ClF2N2O4/c1-10(21-25-9-12-4-3-5-14(19)16(12)20)11-6-7-13(18)15(8-11)26-22-17(23)24-2/h3-8H,9H2,1-2H3,(H,22,23)/b21-10+. The molecule has 0 atom stereocenters. The van der Waals surface area contributed by atoms with Gasteiger partial charge in [0.15, 0.2) is 17.4 Å². The average molecular weight is 385 g/mol. The van der Waals surface area contributed by atoms with Gasteiger partial charge >= 0.3 is 6.09 Å². The van der Waals surface area contributed by atoms with E-state index < -0.39 is 17.7 Å². The predicted molar refractivity (Wildman–Crippen MR) is 91.0 cm³/mol. The molecule has 0 aromatic heterocycles. The fourth-order valence-corrected chi connectivity index (χ4v) is 2.01. The van der Waals surface area contributed by atoms with Crippen LogP contribution < -0.4 is 10.3 Å². The number of rotatable bonds is 6. The van der Waals surface area contributed by atoms with Gasteiger partial charge < -0.3 is 14.4 Å². The lowest BCUT2D eigenvalue weighted by Crippen LogP contribution is -2.26. The van der Waals surface area contributed by atoms with E-state index in [9.17, 15) is 13.6 Å². The molecule has 2 rings (SSSR count). The number of carbonyl (C=O) groups excluding carboxylic acids is 1. The molecule has 0 unspecified atom stereocenters. The fraction of sp³-hybridized carbons (Fsp3) is 0.176. The minimum Gasteiger partial charge on any atom is -0.451 e. The average Bonchev–Trinajstić information content (AvgIpc) is 2.64. The lowest BCUT2D eigenvalue weighted by atomic mass is 10.1. The van der Waals surface area contributed by atoms with Crippen LogP contribution in [-0.4, -0.2) is 18.9 Å². The Morgan fingerprint density at radius 2 is 2.04 bits per heavy atom. The summed E-state index contributed by atoms with van der Waals surface area (Å²) in [7, 11) is 1.19. The van der Waals surface area contributed by atoms with Crippen molar-refractivity contribution in [3.8, 4) is 5.75 Å². The first-order valence-electron chi connectivity index (χ1n) is 7.32. The first-order chi connectivity index (χ1) is 12.4. The molecule has 0 heterocycles. The van der Waals surface area contributed by atoms with Gasteiger partial charge in [0.05, 0.1) is 17.8 Å². The van der Waals surface area contributed by atoms with Gasteiger partial charge in [-0.2, -0.15) is 5.48 Å². The molecule has 138 valence electrons. The second kappa shape index (κ2) is 9.00. The molecule has 0 aliphatic rings. The number of hydroxylamine groups is 1. The molecule has 0 saturated heterocycles. The Labute approximate surface area is 153 Å². The van der Waals surface area contributed by atoms with E-state index >= 15 is 0 Å². The third-order valence-corrected chi connectivity index (χ3v) is 3.54. The van der Waals surface area contributed by atoms with Gasteiger partial charge in [-0.3, -0.25) is 0 Å². The molecule has 0 aliphatic heterocycles. The Morgan fingerprint density at radius 1 is 1.27 bits per heavy atom. The van der Waals surface area contributed by atoms with Crippen molar-refractivity contribution >= 4 is 23.4 Å². The summed E-state index contributed by atoms with van der Waals surface area (Å²) in [5.41, 5.74) is 3.09. The summed E-state index contributed by atoms with van der Waals surface area (Å²) in [4.78, 5) is 21.2. The second-order valence-electron chi connectivity index (χ2n) is 5.00. The minimum atomic E-state index is -0.976. The van der Waals surface area contributed by atoms with Gasteiger partial charge in [-0.25, -0.2) is 13.6 Å². The quantitative estimate of drug-likeness (QED) is 0.598. The highest BCUT2D eigenvalue weighted by atomic mass is 35.5. The number of benzene rings is 2. The van der Waals surface area contributed by atoms with Crippen LogP contribution in [0.15, 0.2) is 41.6 Å². The van der Waals surface area contributed by atoms with Gasteiger partial charge in [-0.05, 0) is 25.1 Å². The third-order valence-electron chi connectivity index (χ3n) is 3.23. The van der Waals surface area contributed by atoms with E-state index in [1.165, 1.54) is 31.4 Å². The van der Waals surface area contributed by atoms with Crippen LogP contribution in [0.4, 0.5) is 13.6 Å². The summed E-state index contributed by atoms with van der Waals surface area (Å²) in [6, 6.07) is 8.50. The van der Waals surface area contributed by atoms with Crippen molar-refractivity contribution in [2.75, 3.05) is 7.11 Å². The molecule has 2 aromatic rings. The molecular weight excluding hydrogens is 370 g/mol. The largest absolute Gasteiger partial charge is 0.451 e. The Bertz CT molecular complexity index is 830. The monoisotopic (exact) mass is 384 g/mol. The van der Waals surface area contributed by atoms with E-state index in [2.05, 4.69) is 9.89 Å². The van der Waals surface area contributed by atoms with Crippen molar-refractivity contribution in [3.63, 3.8) is 0 Å². The summed E-state index contributed by atoms with van der Waals surface area (Å²) in [6.45, 7) is 1.41. The molecule has 0 aliphatic carbocycles. The van der Waals surface area contributed by atoms with Crippen molar-refractivity contribution < 1.29 is 28.0 Å². The van der Waals surface area contributed by atoms with Crippen molar-refractivity contribution in [1.29, 1.82) is 0 Å². The smallest absolute Gasteiger partial charge is 0.440 e. The molecule has 9 heteroatoms. The molecule has 0 radical (unpaired) electrons. The summed E-state index contributed by atoms with van der Waals surface area (Å²) in [6.07, 6.45) is -0.794. The highest BCUT2D eigenvalue weighted by Gasteiger charge is 2.10. The fourth-order valence-electron chi connectivity index (χ4n) is 1.86. The number of amides is 1. The van der Waals surface area contributed by atoms with Crippen molar-refractivity contribution in [3.05, 3.63) is 64.2 Å². The highest BCUT2D eigenvalue weighted by molar-refractivity contribution is 6.32. The van der Waals surface area contributed by atoms with Crippen LogP contribution in [0, 0.1) is 11.6 Å². The minimum absolute atomic E-state index is 0.0453. The Balaban J connectivity index is 2.06. The van der Waals surface area contributed by atoms with Gasteiger partial charge in [-0.1, -0.05) is 35.0 Å². The molecule has 0 fully saturated rings. The lowest BCUT2D eigenvalue weighted by Gasteiger charge is -2.09. The Morgan fingerprint density at radius 3 is 2.77 bits per heavy atom. The van der Waals surface area contributed by atoms with Gasteiger partial charge in [0.1, 0.15) is 6.61 Å². The number of hydrogen-bond donors (Lipinski definition) is 1. The lowest BCUT2D eigenvalue weighted by molar-refractivity contribution is 0.118. The van der Waals surface area contributed by atoms with Crippen molar-refractivity contribution in [2.45, 2.75) is 13.5 Å². The number of hydrogen-bond acceptors (Lipinski definition) is 5. The number of nitrogens with one attached hydrogen (secondary N) is 1. The van der Waals surface area contributed by atoms with Crippen LogP contribution in [0.3, 0.4) is 0 Å².